The van der Waals surface area contributed by atoms with Crippen LogP contribution in [-0.4, -0.2) is 46.9 Å². The zero-order valence-electron chi connectivity index (χ0n) is 19.1. The molecule has 0 radical (unpaired) electrons. The van der Waals surface area contributed by atoms with Crippen LogP contribution in [0, 0.1) is 6.92 Å². The molecule has 0 aromatic heterocycles. The second kappa shape index (κ2) is 12.0. The molecule has 1 heterocycles. The number of halogens is 1. The van der Waals surface area contributed by atoms with Gasteiger partial charge in [-0.15, -0.1) is 24.0 Å². The Balaban J connectivity index is 0.00000363. The van der Waals surface area contributed by atoms with Gasteiger partial charge in [0.15, 0.2) is 15.8 Å². The average molecular weight is 572 g/mol. The standard InChI is InChI=1S/C24H33N3O3S.HI/c1-4-25-23(26-17-20-10-11-22(19(2)16-20)31(3,28)29)27-18-24(12-14-30-15-13-24)21-8-6-5-7-9-21;/h5-11,16H,4,12-15,17-18H2,1-3H3,(H2,25,26,27);1H. The van der Waals surface area contributed by atoms with Gasteiger partial charge in [0.25, 0.3) is 0 Å². The van der Waals surface area contributed by atoms with Crippen molar-refractivity contribution >= 4 is 39.8 Å². The molecule has 0 saturated carbocycles. The molecule has 1 fully saturated rings. The van der Waals surface area contributed by atoms with E-state index >= 15 is 0 Å². The van der Waals surface area contributed by atoms with Crippen molar-refractivity contribution in [2.45, 2.75) is 43.5 Å². The van der Waals surface area contributed by atoms with Gasteiger partial charge < -0.3 is 15.4 Å². The van der Waals surface area contributed by atoms with Crippen LogP contribution in [0.3, 0.4) is 0 Å². The molecular weight excluding hydrogens is 537 g/mol. The SMILES string of the molecule is CCNC(=NCc1ccc(S(C)(=O)=O)c(C)c1)NCC1(c2ccccc2)CCOCC1.I. The first-order valence-electron chi connectivity index (χ1n) is 10.8. The van der Waals surface area contributed by atoms with E-state index < -0.39 is 9.84 Å². The Labute approximate surface area is 209 Å². The summed E-state index contributed by atoms with van der Waals surface area (Å²) in [6.07, 6.45) is 3.17. The van der Waals surface area contributed by atoms with Gasteiger partial charge in [0.2, 0.25) is 0 Å². The Morgan fingerprint density at radius 2 is 1.78 bits per heavy atom. The van der Waals surface area contributed by atoms with E-state index in [1.165, 1.54) is 11.8 Å². The van der Waals surface area contributed by atoms with Crippen LogP contribution in [0.15, 0.2) is 58.4 Å². The van der Waals surface area contributed by atoms with E-state index in [0.717, 1.165) is 56.2 Å². The fourth-order valence-electron chi connectivity index (χ4n) is 4.11. The van der Waals surface area contributed by atoms with Crippen molar-refractivity contribution in [2.75, 3.05) is 32.6 Å². The van der Waals surface area contributed by atoms with Gasteiger partial charge in [-0.05, 0) is 49.4 Å². The smallest absolute Gasteiger partial charge is 0.191 e. The van der Waals surface area contributed by atoms with Gasteiger partial charge in [0.1, 0.15) is 0 Å². The van der Waals surface area contributed by atoms with Crippen molar-refractivity contribution in [3.8, 4) is 0 Å². The highest BCUT2D eigenvalue weighted by atomic mass is 127. The lowest BCUT2D eigenvalue weighted by Gasteiger charge is -2.38. The summed E-state index contributed by atoms with van der Waals surface area (Å²) in [5, 5.41) is 6.86. The Morgan fingerprint density at radius 3 is 2.38 bits per heavy atom. The topological polar surface area (TPSA) is 79.8 Å². The minimum atomic E-state index is -3.22. The lowest BCUT2D eigenvalue weighted by atomic mass is 9.74. The molecule has 176 valence electrons. The number of nitrogens with zero attached hydrogens (tertiary/aromatic N) is 1. The zero-order chi connectivity index (χ0) is 22.3. The van der Waals surface area contributed by atoms with Crippen LogP contribution in [0.1, 0.15) is 36.5 Å². The molecule has 0 amide bonds. The number of ether oxygens (including phenoxy) is 1. The molecule has 0 unspecified atom stereocenters. The monoisotopic (exact) mass is 571 g/mol. The Morgan fingerprint density at radius 1 is 1.09 bits per heavy atom. The number of rotatable bonds is 7. The number of sulfone groups is 1. The van der Waals surface area contributed by atoms with Gasteiger partial charge in [0.05, 0.1) is 11.4 Å². The average Bonchev–Trinajstić information content (AvgIpc) is 2.76. The maximum atomic E-state index is 11.8. The third kappa shape index (κ3) is 6.92. The summed E-state index contributed by atoms with van der Waals surface area (Å²) < 4.78 is 29.3. The number of aliphatic imine (C=N–C) groups is 1. The molecule has 1 aliphatic rings. The van der Waals surface area contributed by atoms with Crippen LogP contribution < -0.4 is 10.6 Å². The van der Waals surface area contributed by atoms with Crippen molar-refractivity contribution in [1.82, 2.24) is 10.6 Å². The predicted molar refractivity (Wildman–Crippen MR) is 141 cm³/mol. The van der Waals surface area contributed by atoms with Crippen molar-refractivity contribution < 1.29 is 13.2 Å². The first-order valence-corrected chi connectivity index (χ1v) is 12.7. The van der Waals surface area contributed by atoms with Crippen LogP contribution in [0.4, 0.5) is 0 Å². The van der Waals surface area contributed by atoms with E-state index in [1.807, 2.05) is 32.0 Å². The second-order valence-corrected chi connectivity index (χ2v) is 10.2. The normalized spacial score (nSPS) is 16.2. The van der Waals surface area contributed by atoms with Crippen LogP contribution in [-0.2, 0) is 26.5 Å². The second-order valence-electron chi connectivity index (χ2n) is 8.18. The molecule has 0 atom stereocenters. The van der Waals surface area contributed by atoms with E-state index in [0.29, 0.717) is 11.4 Å². The van der Waals surface area contributed by atoms with Gasteiger partial charge in [-0.2, -0.15) is 0 Å². The fraction of sp³-hybridized carbons (Fsp3) is 0.458. The molecule has 2 N–H and O–H groups in total. The summed E-state index contributed by atoms with van der Waals surface area (Å²) in [7, 11) is -3.22. The molecular formula is C24H34IN3O3S. The lowest BCUT2D eigenvalue weighted by Crippen LogP contribution is -2.48. The minimum absolute atomic E-state index is 0. The highest BCUT2D eigenvalue weighted by Gasteiger charge is 2.34. The number of hydrogen-bond acceptors (Lipinski definition) is 4. The summed E-state index contributed by atoms with van der Waals surface area (Å²) in [4.78, 5) is 5.11. The first-order chi connectivity index (χ1) is 14.8. The minimum Gasteiger partial charge on any atom is -0.381 e. The van der Waals surface area contributed by atoms with Crippen LogP contribution in [0.25, 0.3) is 0 Å². The Kier molecular flexibility index (Phi) is 9.97. The van der Waals surface area contributed by atoms with Crippen LogP contribution in [0.2, 0.25) is 0 Å². The third-order valence-corrected chi connectivity index (χ3v) is 7.09. The van der Waals surface area contributed by atoms with Crippen molar-refractivity contribution in [2.24, 2.45) is 4.99 Å². The van der Waals surface area contributed by atoms with Gasteiger partial charge in [-0.25, -0.2) is 13.4 Å². The number of guanidine groups is 1. The molecule has 0 aliphatic carbocycles. The summed E-state index contributed by atoms with van der Waals surface area (Å²) in [6, 6.07) is 16.0. The predicted octanol–water partition coefficient (Wildman–Crippen LogP) is 3.82. The number of aryl methyl sites for hydroxylation is 1. The Hall–Kier alpha value is -1.65. The highest BCUT2D eigenvalue weighted by Crippen LogP contribution is 2.34. The van der Waals surface area contributed by atoms with E-state index in [4.69, 9.17) is 9.73 Å². The molecule has 32 heavy (non-hydrogen) atoms. The van der Waals surface area contributed by atoms with E-state index in [-0.39, 0.29) is 29.4 Å². The summed E-state index contributed by atoms with van der Waals surface area (Å²) in [6.45, 7) is 7.40. The molecule has 0 bridgehead atoms. The summed E-state index contributed by atoms with van der Waals surface area (Å²) in [5.74, 6) is 0.758. The first kappa shape index (κ1) is 26.6. The highest BCUT2D eigenvalue weighted by molar-refractivity contribution is 14.0. The van der Waals surface area contributed by atoms with Crippen LogP contribution in [0.5, 0.6) is 0 Å². The molecule has 8 heteroatoms. The number of hydrogen-bond donors (Lipinski definition) is 2. The molecule has 2 aromatic rings. The summed E-state index contributed by atoms with van der Waals surface area (Å²) in [5.41, 5.74) is 3.07. The number of benzene rings is 2. The van der Waals surface area contributed by atoms with Gasteiger partial charge in [-0.1, -0.05) is 42.5 Å². The molecule has 1 aliphatic heterocycles. The Bertz CT molecular complexity index is 1000. The molecule has 2 aromatic carbocycles. The van der Waals surface area contributed by atoms with E-state index in [1.54, 1.807) is 6.07 Å². The molecule has 3 rings (SSSR count). The van der Waals surface area contributed by atoms with Gasteiger partial charge in [-0.3, -0.25) is 0 Å². The molecule has 1 saturated heterocycles. The molecule has 6 nitrogen and oxygen atoms in total. The quantitative estimate of drug-likeness (QED) is 0.300. The van der Waals surface area contributed by atoms with Crippen molar-refractivity contribution in [1.29, 1.82) is 0 Å². The zero-order valence-corrected chi connectivity index (χ0v) is 22.2. The third-order valence-electron chi connectivity index (χ3n) is 5.83. The van der Waals surface area contributed by atoms with Crippen LogP contribution >= 0.6 is 24.0 Å². The fourth-order valence-corrected chi connectivity index (χ4v) is 5.07. The van der Waals surface area contributed by atoms with Gasteiger partial charge in [0, 0.05) is 38.0 Å². The lowest BCUT2D eigenvalue weighted by molar-refractivity contribution is 0.0514. The largest absolute Gasteiger partial charge is 0.381 e. The van der Waals surface area contributed by atoms with Crippen molar-refractivity contribution in [3.63, 3.8) is 0 Å². The maximum absolute atomic E-state index is 11.8. The number of nitrogens with one attached hydrogen (secondary N) is 2. The maximum Gasteiger partial charge on any atom is 0.191 e. The summed E-state index contributed by atoms with van der Waals surface area (Å²) >= 11 is 0. The molecule has 0 spiro atoms. The van der Waals surface area contributed by atoms with E-state index in [2.05, 4.69) is 34.9 Å². The van der Waals surface area contributed by atoms with Crippen molar-refractivity contribution in [3.05, 3.63) is 65.2 Å². The van der Waals surface area contributed by atoms with Gasteiger partial charge >= 0.3 is 0 Å². The van der Waals surface area contributed by atoms with E-state index in [9.17, 15) is 8.42 Å².